The monoisotopic (exact) mass is 277 g/mol. The minimum Gasteiger partial charge on any atom is -0.394 e. The molecule has 1 saturated carbocycles. The predicted molar refractivity (Wildman–Crippen MR) is 64.0 cm³/mol. The molecule has 0 bridgehead atoms. The van der Waals surface area contributed by atoms with Gasteiger partial charge in [0.05, 0.1) is 12.6 Å². The van der Waals surface area contributed by atoms with Crippen molar-refractivity contribution in [3.8, 4) is 0 Å². The largest absolute Gasteiger partial charge is 0.394 e. The third kappa shape index (κ3) is 2.94. The summed E-state index contributed by atoms with van der Waals surface area (Å²) >= 11 is 3.52. The van der Waals surface area contributed by atoms with Crippen LogP contribution in [0.15, 0.2) is 0 Å². The Balaban J connectivity index is 2.41. The minimum atomic E-state index is -0.342. The lowest BCUT2D eigenvalue weighted by Crippen LogP contribution is -2.42. The average Bonchev–Trinajstić information content (AvgIpc) is 2.88. The molecule has 1 fully saturated rings. The number of hydrogen-bond donors (Lipinski definition) is 2. The van der Waals surface area contributed by atoms with Crippen LogP contribution in [0.25, 0.3) is 0 Å². The van der Waals surface area contributed by atoms with Gasteiger partial charge in [-0.15, -0.1) is 0 Å². The van der Waals surface area contributed by atoms with Crippen molar-refractivity contribution in [2.75, 3.05) is 6.61 Å². The van der Waals surface area contributed by atoms with E-state index in [4.69, 9.17) is 5.11 Å². The number of aliphatic hydroxyl groups is 1. The van der Waals surface area contributed by atoms with Gasteiger partial charge in [0.25, 0.3) is 0 Å². The fraction of sp³-hybridized carbons (Fsp3) is 0.909. The fourth-order valence-corrected chi connectivity index (χ4v) is 2.57. The van der Waals surface area contributed by atoms with E-state index >= 15 is 0 Å². The third-order valence-electron chi connectivity index (χ3n) is 3.09. The Labute approximate surface area is 99.8 Å². The first-order chi connectivity index (χ1) is 7.08. The molecule has 1 aliphatic carbocycles. The van der Waals surface area contributed by atoms with Crippen molar-refractivity contribution in [2.45, 2.75) is 49.9 Å². The Morgan fingerprint density at radius 3 is 2.80 bits per heavy atom. The Morgan fingerprint density at radius 1 is 1.67 bits per heavy atom. The van der Waals surface area contributed by atoms with Crippen LogP contribution < -0.4 is 5.32 Å². The van der Waals surface area contributed by atoms with Crippen molar-refractivity contribution in [3.63, 3.8) is 0 Å². The number of amides is 1. The zero-order valence-corrected chi connectivity index (χ0v) is 11.0. The lowest BCUT2D eigenvalue weighted by Gasteiger charge is -2.17. The number of halogens is 1. The van der Waals surface area contributed by atoms with Crippen molar-refractivity contribution in [1.29, 1.82) is 0 Å². The molecule has 4 heteroatoms. The molecule has 0 radical (unpaired) electrons. The van der Waals surface area contributed by atoms with Crippen LogP contribution in [0.1, 0.15) is 39.5 Å². The summed E-state index contributed by atoms with van der Waals surface area (Å²) in [5.41, 5.74) is 0. The van der Waals surface area contributed by atoms with E-state index in [0.717, 1.165) is 25.7 Å². The molecule has 15 heavy (non-hydrogen) atoms. The highest BCUT2D eigenvalue weighted by Crippen LogP contribution is 2.53. The SMILES string of the molecule is CCCC1CC1(Br)C(=O)N[C@H](CC)CO. The maximum absolute atomic E-state index is 11.9. The zero-order valence-electron chi connectivity index (χ0n) is 9.42. The molecule has 1 rings (SSSR count). The summed E-state index contributed by atoms with van der Waals surface area (Å²) in [4.78, 5) is 11.9. The maximum Gasteiger partial charge on any atom is 0.237 e. The number of alkyl halides is 1. The van der Waals surface area contributed by atoms with E-state index in [-0.39, 0.29) is 22.9 Å². The highest BCUT2D eigenvalue weighted by molar-refractivity contribution is 9.10. The summed E-state index contributed by atoms with van der Waals surface area (Å²) in [6, 6.07) is -0.102. The van der Waals surface area contributed by atoms with Crippen LogP contribution in [0.5, 0.6) is 0 Å². The van der Waals surface area contributed by atoms with Crippen molar-refractivity contribution in [3.05, 3.63) is 0 Å². The standard InChI is InChI=1S/C11H20BrNO2/c1-3-5-8-6-11(8,12)10(15)13-9(4-2)7-14/h8-9,14H,3-7H2,1-2H3,(H,13,15)/t8?,9-,11?/m1/s1. The second-order valence-corrected chi connectivity index (χ2v) is 5.73. The van der Waals surface area contributed by atoms with Crippen molar-refractivity contribution >= 4 is 21.8 Å². The first-order valence-corrected chi connectivity index (χ1v) is 6.48. The summed E-state index contributed by atoms with van der Waals surface area (Å²) in [6.45, 7) is 4.11. The number of hydrogen-bond acceptors (Lipinski definition) is 2. The van der Waals surface area contributed by atoms with E-state index in [1.807, 2.05) is 6.92 Å². The van der Waals surface area contributed by atoms with Crippen LogP contribution in [0.4, 0.5) is 0 Å². The molecular weight excluding hydrogens is 258 g/mol. The Hall–Kier alpha value is -0.0900. The van der Waals surface area contributed by atoms with Crippen molar-refractivity contribution < 1.29 is 9.90 Å². The van der Waals surface area contributed by atoms with E-state index in [0.29, 0.717) is 5.92 Å². The molecule has 0 aromatic heterocycles. The van der Waals surface area contributed by atoms with Gasteiger partial charge in [0.1, 0.15) is 4.32 Å². The van der Waals surface area contributed by atoms with Crippen LogP contribution in [0.3, 0.4) is 0 Å². The molecule has 0 heterocycles. The highest BCUT2D eigenvalue weighted by atomic mass is 79.9. The highest BCUT2D eigenvalue weighted by Gasteiger charge is 2.57. The molecule has 2 unspecified atom stereocenters. The van der Waals surface area contributed by atoms with Gasteiger partial charge in [-0.2, -0.15) is 0 Å². The lowest BCUT2D eigenvalue weighted by atomic mass is 10.2. The van der Waals surface area contributed by atoms with Gasteiger partial charge in [-0.3, -0.25) is 4.79 Å². The summed E-state index contributed by atoms with van der Waals surface area (Å²) in [5, 5.41) is 11.9. The molecule has 0 aliphatic heterocycles. The number of rotatable bonds is 6. The molecule has 2 N–H and O–H groups in total. The van der Waals surface area contributed by atoms with Crippen molar-refractivity contribution in [2.24, 2.45) is 5.92 Å². The van der Waals surface area contributed by atoms with E-state index in [2.05, 4.69) is 28.2 Å². The average molecular weight is 278 g/mol. The molecular formula is C11H20BrNO2. The van der Waals surface area contributed by atoms with Gasteiger partial charge in [-0.05, 0) is 25.2 Å². The van der Waals surface area contributed by atoms with E-state index in [9.17, 15) is 4.79 Å². The normalized spacial score (nSPS) is 31.1. The second-order valence-electron chi connectivity index (χ2n) is 4.31. The molecule has 0 saturated heterocycles. The van der Waals surface area contributed by atoms with Gasteiger partial charge in [0, 0.05) is 0 Å². The Kier molecular flexibility index (Phi) is 4.59. The summed E-state index contributed by atoms with van der Waals surface area (Å²) in [6.07, 6.45) is 3.90. The zero-order chi connectivity index (χ0) is 11.5. The van der Waals surface area contributed by atoms with Gasteiger partial charge in [0.2, 0.25) is 5.91 Å². The minimum absolute atomic E-state index is 0.0176. The summed E-state index contributed by atoms with van der Waals surface area (Å²) in [7, 11) is 0. The van der Waals surface area contributed by atoms with E-state index < -0.39 is 0 Å². The van der Waals surface area contributed by atoms with Gasteiger partial charge < -0.3 is 10.4 Å². The molecule has 3 nitrogen and oxygen atoms in total. The first-order valence-electron chi connectivity index (χ1n) is 5.69. The molecule has 3 atom stereocenters. The molecule has 0 aromatic carbocycles. The molecule has 1 amide bonds. The van der Waals surface area contributed by atoms with Gasteiger partial charge in [-0.1, -0.05) is 36.2 Å². The summed E-state index contributed by atoms with van der Waals surface area (Å²) < 4.78 is -0.342. The maximum atomic E-state index is 11.9. The van der Waals surface area contributed by atoms with Gasteiger partial charge in [-0.25, -0.2) is 0 Å². The first kappa shape index (κ1) is 13.0. The predicted octanol–water partition coefficient (Wildman–Crippen LogP) is 1.83. The Morgan fingerprint density at radius 2 is 2.33 bits per heavy atom. The van der Waals surface area contributed by atoms with Crippen LogP contribution in [0, 0.1) is 5.92 Å². The second kappa shape index (κ2) is 5.30. The van der Waals surface area contributed by atoms with Crippen molar-refractivity contribution in [1.82, 2.24) is 5.32 Å². The Bertz CT molecular complexity index is 231. The number of carbonyl (C=O) groups excluding carboxylic acids is 1. The third-order valence-corrected chi connectivity index (χ3v) is 4.42. The van der Waals surface area contributed by atoms with Crippen LogP contribution >= 0.6 is 15.9 Å². The van der Waals surface area contributed by atoms with Gasteiger partial charge >= 0.3 is 0 Å². The van der Waals surface area contributed by atoms with Crippen LogP contribution in [0.2, 0.25) is 0 Å². The van der Waals surface area contributed by atoms with Gasteiger partial charge in [0.15, 0.2) is 0 Å². The van der Waals surface area contributed by atoms with E-state index in [1.165, 1.54) is 0 Å². The fourth-order valence-electron chi connectivity index (χ4n) is 1.84. The topological polar surface area (TPSA) is 49.3 Å². The molecule has 0 aromatic rings. The molecule has 0 spiro atoms. The number of nitrogens with one attached hydrogen (secondary N) is 1. The molecule has 1 aliphatic rings. The smallest absolute Gasteiger partial charge is 0.237 e. The number of carbonyl (C=O) groups is 1. The lowest BCUT2D eigenvalue weighted by molar-refractivity contribution is -0.122. The summed E-state index contributed by atoms with van der Waals surface area (Å²) in [5.74, 6) is 0.514. The van der Waals surface area contributed by atoms with Crippen LogP contribution in [-0.4, -0.2) is 28.0 Å². The quantitative estimate of drug-likeness (QED) is 0.728. The molecule has 88 valence electrons. The number of aliphatic hydroxyl groups excluding tert-OH is 1. The van der Waals surface area contributed by atoms with Crippen LogP contribution in [-0.2, 0) is 4.79 Å². The van der Waals surface area contributed by atoms with E-state index in [1.54, 1.807) is 0 Å².